The van der Waals surface area contributed by atoms with E-state index in [0.29, 0.717) is 18.9 Å². The van der Waals surface area contributed by atoms with E-state index < -0.39 is 5.60 Å². The average Bonchev–Trinajstić information content (AvgIpc) is 2.33. The third-order valence-corrected chi connectivity index (χ3v) is 3.36. The van der Waals surface area contributed by atoms with E-state index in [1.54, 1.807) is 13.3 Å². The minimum absolute atomic E-state index is 0.514. The SMILES string of the molecule is COc1c(C)cnc(CC(C)(O)CNCC(C)C)c1C. The predicted octanol–water partition coefficient (Wildman–Crippen LogP) is 2.25. The number of aliphatic hydroxyl groups is 1. The molecule has 1 aromatic heterocycles. The Kier molecular flexibility index (Phi) is 5.96. The maximum atomic E-state index is 10.5. The zero-order valence-electron chi connectivity index (χ0n) is 13.6. The van der Waals surface area contributed by atoms with Crippen LogP contribution >= 0.6 is 0 Å². The molecule has 1 unspecified atom stereocenters. The number of ether oxygens (including phenoxy) is 1. The molecule has 2 N–H and O–H groups in total. The van der Waals surface area contributed by atoms with Crippen molar-refractivity contribution in [1.82, 2.24) is 10.3 Å². The quantitative estimate of drug-likeness (QED) is 0.804. The Hall–Kier alpha value is -1.13. The Morgan fingerprint density at radius 2 is 2.05 bits per heavy atom. The first-order valence-corrected chi connectivity index (χ1v) is 7.19. The highest BCUT2D eigenvalue weighted by Gasteiger charge is 2.23. The van der Waals surface area contributed by atoms with E-state index in [-0.39, 0.29) is 0 Å². The molecular weight excluding hydrogens is 252 g/mol. The molecule has 0 aliphatic carbocycles. The molecule has 0 saturated carbocycles. The van der Waals surface area contributed by atoms with E-state index in [4.69, 9.17) is 4.74 Å². The molecule has 114 valence electrons. The fraction of sp³-hybridized carbons (Fsp3) is 0.688. The maximum Gasteiger partial charge on any atom is 0.128 e. The van der Waals surface area contributed by atoms with E-state index >= 15 is 0 Å². The van der Waals surface area contributed by atoms with Gasteiger partial charge in [0.1, 0.15) is 5.75 Å². The third-order valence-electron chi connectivity index (χ3n) is 3.36. The maximum absolute atomic E-state index is 10.5. The monoisotopic (exact) mass is 280 g/mol. The van der Waals surface area contributed by atoms with Gasteiger partial charge in [0.2, 0.25) is 0 Å². The molecule has 1 aromatic rings. The standard InChI is InChI=1S/C16H28N2O2/c1-11(2)8-17-10-16(5,19)7-14-13(4)15(20-6)12(3)9-18-14/h9,11,17,19H,7-8,10H2,1-6H3. The number of hydrogen-bond donors (Lipinski definition) is 2. The first-order valence-electron chi connectivity index (χ1n) is 7.19. The smallest absolute Gasteiger partial charge is 0.128 e. The van der Waals surface area contributed by atoms with Crippen molar-refractivity contribution < 1.29 is 9.84 Å². The Labute approximate surface area is 122 Å². The second-order valence-corrected chi connectivity index (χ2v) is 6.24. The summed E-state index contributed by atoms with van der Waals surface area (Å²) >= 11 is 0. The largest absolute Gasteiger partial charge is 0.496 e. The van der Waals surface area contributed by atoms with Crippen LogP contribution in [0.3, 0.4) is 0 Å². The Morgan fingerprint density at radius 3 is 2.60 bits per heavy atom. The third kappa shape index (κ3) is 4.76. The lowest BCUT2D eigenvalue weighted by atomic mass is 9.96. The van der Waals surface area contributed by atoms with Gasteiger partial charge in [-0.3, -0.25) is 4.98 Å². The first-order chi connectivity index (χ1) is 9.26. The Morgan fingerprint density at radius 1 is 1.40 bits per heavy atom. The summed E-state index contributed by atoms with van der Waals surface area (Å²) in [6.45, 7) is 11.6. The summed E-state index contributed by atoms with van der Waals surface area (Å²) in [5, 5.41) is 13.8. The van der Waals surface area contributed by atoms with E-state index in [9.17, 15) is 5.11 Å². The van der Waals surface area contributed by atoms with Gasteiger partial charge in [-0.1, -0.05) is 13.8 Å². The molecule has 0 saturated heterocycles. The van der Waals surface area contributed by atoms with Gasteiger partial charge in [0.05, 0.1) is 12.7 Å². The van der Waals surface area contributed by atoms with Crippen molar-refractivity contribution in [3.8, 4) is 5.75 Å². The summed E-state index contributed by atoms with van der Waals surface area (Å²) < 4.78 is 5.41. The van der Waals surface area contributed by atoms with E-state index in [1.807, 2.05) is 20.8 Å². The molecule has 0 aromatic carbocycles. The van der Waals surface area contributed by atoms with Crippen molar-refractivity contribution in [2.45, 2.75) is 46.6 Å². The van der Waals surface area contributed by atoms with Gasteiger partial charge in [-0.15, -0.1) is 0 Å². The molecule has 0 aliphatic rings. The number of nitrogens with zero attached hydrogens (tertiary/aromatic N) is 1. The van der Waals surface area contributed by atoms with Gasteiger partial charge >= 0.3 is 0 Å². The van der Waals surface area contributed by atoms with Crippen molar-refractivity contribution >= 4 is 0 Å². The van der Waals surface area contributed by atoms with Crippen LogP contribution in [0, 0.1) is 19.8 Å². The van der Waals surface area contributed by atoms with Crippen LogP contribution in [0.15, 0.2) is 6.20 Å². The van der Waals surface area contributed by atoms with Crippen LogP contribution in [0.25, 0.3) is 0 Å². The normalized spacial score (nSPS) is 14.4. The second kappa shape index (κ2) is 7.04. The lowest BCUT2D eigenvalue weighted by molar-refractivity contribution is 0.0584. The molecule has 20 heavy (non-hydrogen) atoms. The molecule has 1 atom stereocenters. The van der Waals surface area contributed by atoms with Gasteiger partial charge in [0, 0.05) is 36.0 Å². The molecular formula is C16H28N2O2. The molecule has 0 amide bonds. The lowest BCUT2D eigenvalue weighted by Gasteiger charge is -2.25. The van der Waals surface area contributed by atoms with Crippen molar-refractivity contribution in [2.75, 3.05) is 20.2 Å². The van der Waals surface area contributed by atoms with E-state index in [2.05, 4.69) is 24.1 Å². The van der Waals surface area contributed by atoms with Crippen LogP contribution in [0.1, 0.15) is 37.6 Å². The summed E-state index contributed by atoms with van der Waals surface area (Å²) in [7, 11) is 1.67. The number of methoxy groups -OCH3 is 1. The van der Waals surface area contributed by atoms with Crippen LogP contribution in [-0.4, -0.2) is 35.9 Å². The molecule has 4 heteroatoms. The van der Waals surface area contributed by atoms with Crippen molar-refractivity contribution in [3.05, 3.63) is 23.0 Å². The second-order valence-electron chi connectivity index (χ2n) is 6.24. The summed E-state index contributed by atoms with van der Waals surface area (Å²) in [5.74, 6) is 1.44. The average molecular weight is 280 g/mol. The van der Waals surface area contributed by atoms with Gasteiger partial charge in [0.25, 0.3) is 0 Å². The summed E-state index contributed by atoms with van der Waals surface area (Å²) in [4.78, 5) is 4.45. The number of nitrogens with one attached hydrogen (secondary N) is 1. The number of rotatable bonds is 7. The van der Waals surface area contributed by atoms with Gasteiger partial charge in [-0.2, -0.15) is 0 Å². The van der Waals surface area contributed by atoms with Crippen molar-refractivity contribution in [3.63, 3.8) is 0 Å². The number of aryl methyl sites for hydroxylation is 1. The molecule has 0 bridgehead atoms. The molecule has 0 fully saturated rings. The molecule has 4 nitrogen and oxygen atoms in total. The number of hydrogen-bond acceptors (Lipinski definition) is 4. The van der Waals surface area contributed by atoms with Crippen molar-refractivity contribution in [2.24, 2.45) is 5.92 Å². The lowest BCUT2D eigenvalue weighted by Crippen LogP contribution is -2.41. The van der Waals surface area contributed by atoms with Gasteiger partial charge in [-0.25, -0.2) is 0 Å². The highest BCUT2D eigenvalue weighted by atomic mass is 16.5. The summed E-state index contributed by atoms with van der Waals surface area (Å²) in [6, 6.07) is 0. The molecule has 1 heterocycles. The Balaban J connectivity index is 2.76. The van der Waals surface area contributed by atoms with Crippen molar-refractivity contribution in [1.29, 1.82) is 0 Å². The fourth-order valence-electron chi connectivity index (χ4n) is 2.30. The number of aromatic nitrogens is 1. The highest BCUT2D eigenvalue weighted by molar-refractivity contribution is 5.41. The van der Waals surface area contributed by atoms with Gasteiger partial charge in [0.15, 0.2) is 0 Å². The highest BCUT2D eigenvalue weighted by Crippen LogP contribution is 2.26. The van der Waals surface area contributed by atoms with Crippen LogP contribution in [0.5, 0.6) is 5.75 Å². The molecule has 0 spiro atoms. The van der Waals surface area contributed by atoms with Crippen LogP contribution in [-0.2, 0) is 6.42 Å². The molecule has 1 rings (SSSR count). The van der Waals surface area contributed by atoms with E-state index in [0.717, 1.165) is 29.1 Å². The van der Waals surface area contributed by atoms with Gasteiger partial charge < -0.3 is 15.2 Å². The van der Waals surface area contributed by atoms with Gasteiger partial charge in [-0.05, 0) is 33.2 Å². The summed E-state index contributed by atoms with van der Waals surface area (Å²) in [6.07, 6.45) is 2.32. The summed E-state index contributed by atoms with van der Waals surface area (Å²) in [5.41, 5.74) is 2.11. The zero-order chi connectivity index (χ0) is 15.3. The molecule has 0 aliphatic heterocycles. The van der Waals surface area contributed by atoms with Crippen LogP contribution < -0.4 is 10.1 Å². The van der Waals surface area contributed by atoms with E-state index in [1.165, 1.54) is 0 Å². The topological polar surface area (TPSA) is 54.4 Å². The molecule has 0 radical (unpaired) electrons. The van der Waals surface area contributed by atoms with Crippen LogP contribution in [0.4, 0.5) is 0 Å². The minimum Gasteiger partial charge on any atom is -0.496 e. The first kappa shape index (κ1) is 16.9. The Bertz CT molecular complexity index is 442. The number of pyridine rings is 1. The zero-order valence-corrected chi connectivity index (χ0v) is 13.6. The predicted molar refractivity (Wildman–Crippen MR) is 82.3 cm³/mol. The van der Waals surface area contributed by atoms with Crippen LogP contribution in [0.2, 0.25) is 0 Å². The fourth-order valence-corrected chi connectivity index (χ4v) is 2.30. The minimum atomic E-state index is -0.813.